The van der Waals surface area contributed by atoms with Crippen molar-refractivity contribution in [2.45, 2.75) is 43.4 Å². The van der Waals surface area contributed by atoms with Crippen molar-refractivity contribution in [3.05, 3.63) is 41.4 Å². The molecule has 12 heteroatoms. The third-order valence-electron chi connectivity index (χ3n) is 5.47. The minimum Gasteiger partial charge on any atom is -0.481 e. The smallest absolute Gasteiger partial charge is 0.252 e. The van der Waals surface area contributed by atoms with E-state index in [1.807, 2.05) is 0 Å². The molecule has 1 amide bonds. The van der Waals surface area contributed by atoms with E-state index in [1.54, 1.807) is 24.3 Å². The molecule has 1 aliphatic carbocycles. The summed E-state index contributed by atoms with van der Waals surface area (Å²) in [6.07, 6.45) is -1.98. The Morgan fingerprint density at radius 2 is 2.03 bits per heavy atom. The fourth-order valence-corrected chi connectivity index (χ4v) is 3.69. The van der Waals surface area contributed by atoms with E-state index in [4.69, 9.17) is 26.8 Å². The number of fused-ring (bicyclic) bond motifs is 1. The molecule has 2 aromatic heterocycles. The lowest BCUT2D eigenvalue weighted by Crippen LogP contribution is -2.43. The minimum atomic E-state index is -1.41. The summed E-state index contributed by atoms with van der Waals surface area (Å²) in [5, 5.41) is 24.3. The van der Waals surface area contributed by atoms with Gasteiger partial charge in [0.1, 0.15) is 30.1 Å². The third kappa shape index (κ3) is 4.49. The van der Waals surface area contributed by atoms with E-state index in [2.05, 4.69) is 32.1 Å². The average molecular weight is 485 g/mol. The lowest BCUT2D eigenvalue weighted by molar-refractivity contribution is -0.137. The Morgan fingerprint density at radius 3 is 2.76 bits per heavy atom. The summed E-state index contributed by atoms with van der Waals surface area (Å²) in [4.78, 5) is 25.1. The van der Waals surface area contributed by atoms with Crippen molar-refractivity contribution in [2.24, 2.45) is 0 Å². The fourth-order valence-electron chi connectivity index (χ4n) is 3.56. The van der Waals surface area contributed by atoms with Crippen molar-refractivity contribution < 1.29 is 24.5 Å². The van der Waals surface area contributed by atoms with Gasteiger partial charge < -0.3 is 30.7 Å². The molecule has 5 rings (SSSR count). The second kappa shape index (κ2) is 9.08. The number of carbonyl (C=O) groups is 1. The largest absolute Gasteiger partial charge is 0.481 e. The highest BCUT2D eigenvalue weighted by Gasteiger charge is 2.48. The van der Waals surface area contributed by atoms with Crippen LogP contribution in [0.3, 0.4) is 0 Å². The average Bonchev–Trinajstić information content (AvgIpc) is 3.45. The molecule has 0 bridgehead atoms. The zero-order chi connectivity index (χ0) is 23.8. The van der Waals surface area contributed by atoms with Gasteiger partial charge in [0, 0.05) is 11.1 Å². The van der Waals surface area contributed by atoms with Gasteiger partial charge in [0.2, 0.25) is 5.82 Å². The predicted octanol–water partition coefficient (Wildman–Crippen LogP) is 0.390. The van der Waals surface area contributed by atoms with Crippen LogP contribution >= 0.6 is 11.6 Å². The van der Waals surface area contributed by atoms with Crippen LogP contribution in [0.5, 0.6) is 5.75 Å². The maximum Gasteiger partial charge on any atom is 0.252 e. The lowest BCUT2D eigenvalue weighted by Gasteiger charge is -2.16. The molecule has 5 N–H and O–H groups in total. The number of halogens is 1. The summed E-state index contributed by atoms with van der Waals surface area (Å²) in [6.45, 7) is 0.0800. The zero-order valence-corrected chi connectivity index (χ0v) is 18.5. The lowest BCUT2D eigenvalue weighted by atomic mass is 10.1. The Bertz CT molecular complexity index is 1280. The van der Waals surface area contributed by atoms with Gasteiger partial charge >= 0.3 is 0 Å². The number of ether oxygens (including phenoxy) is 2. The Hall–Kier alpha value is -3.43. The maximum absolute atomic E-state index is 12.4. The molecule has 176 valence electrons. The molecule has 1 aliphatic heterocycles. The highest BCUT2D eigenvalue weighted by Crippen LogP contribution is 2.33. The predicted molar refractivity (Wildman–Crippen MR) is 121 cm³/mol. The quantitative estimate of drug-likeness (QED) is 0.376. The molecule has 2 fully saturated rings. The van der Waals surface area contributed by atoms with Crippen molar-refractivity contribution in [1.29, 1.82) is 0 Å². The van der Waals surface area contributed by atoms with Crippen LogP contribution in [-0.2, 0) is 9.53 Å². The second-order valence-corrected chi connectivity index (χ2v) is 8.45. The Kier molecular flexibility index (Phi) is 5.97. The van der Waals surface area contributed by atoms with Crippen LogP contribution in [0.1, 0.15) is 24.9 Å². The van der Waals surface area contributed by atoms with Crippen LogP contribution in [0.4, 0.5) is 5.82 Å². The van der Waals surface area contributed by atoms with E-state index < -0.39 is 30.4 Å². The number of aliphatic hydroxyl groups excluding tert-OH is 2. The monoisotopic (exact) mass is 484 g/mol. The molecule has 1 saturated heterocycles. The summed E-state index contributed by atoms with van der Waals surface area (Å²) >= 11 is 5.85. The van der Waals surface area contributed by atoms with Crippen LogP contribution in [0, 0.1) is 11.8 Å². The van der Waals surface area contributed by atoms with Crippen molar-refractivity contribution in [3.63, 3.8) is 0 Å². The van der Waals surface area contributed by atoms with Crippen molar-refractivity contribution in [2.75, 3.05) is 12.3 Å². The first-order valence-electron chi connectivity index (χ1n) is 10.6. The van der Waals surface area contributed by atoms with Gasteiger partial charge in [-0.2, -0.15) is 0 Å². The summed E-state index contributed by atoms with van der Waals surface area (Å²) in [5.74, 6) is 5.93. The minimum absolute atomic E-state index is 0.0800. The van der Waals surface area contributed by atoms with Gasteiger partial charge in [0.25, 0.3) is 5.91 Å². The number of hydrogen-bond donors (Lipinski definition) is 4. The number of rotatable bonds is 5. The zero-order valence-electron chi connectivity index (χ0n) is 17.8. The summed E-state index contributed by atoms with van der Waals surface area (Å²) < 4.78 is 12.6. The van der Waals surface area contributed by atoms with Gasteiger partial charge in [0.05, 0.1) is 6.33 Å². The summed E-state index contributed by atoms with van der Waals surface area (Å²) in [6, 6.07) is 6.95. The van der Waals surface area contributed by atoms with Crippen LogP contribution in [0.2, 0.25) is 5.02 Å². The number of anilines is 1. The van der Waals surface area contributed by atoms with E-state index in [0.29, 0.717) is 10.8 Å². The van der Waals surface area contributed by atoms with E-state index in [0.717, 1.165) is 12.8 Å². The van der Waals surface area contributed by atoms with E-state index >= 15 is 0 Å². The van der Waals surface area contributed by atoms with Crippen LogP contribution in [-0.4, -0.2) is 66.6 Å². The molecule has 3 aromatic rings. The fraction of sp³-hybridized carbons (Fsp3) is 0.364. The molecule has 1 saturated carbocycles. The van der Waals surface area contributed by atoms with E-state index in [9.17, 15) is 15.0 Å². The molecule has 11 nitrogen and oxygen atoms in total. The number of benzene rings is 1. The first-order valence-corrected chi connectivity index (χ1v) is 11.0. The molecule has 1 aromatic carbocycles. The molecular formula is C22H21ClN6O5. The van der Waals surface area contributed by atoms with Crippen LogP contribution in [0.25, 0.3) is 11.2 Å². The first-order chi connectivity index (χ1) is 16.4. The van der Waals surface area contributed by atoms with Gasteiger partial charge in [0.15, 0.2) is 23.8 Å². The molecule has 2 aliphatic rings. The Balaban J connectivity index is 1.35. The highest BCUT2D eigenvalue weighted by molar-refractivity contribution is 6.30. The van der Waals surface area contributed by atoms with Crippen LogP contribution < -0.4 is 15.8 Å². The van der Waals surface area contributed by atoms with E-state index in [-0.39, 0.29) is 35.5 Å². The van der Waals surface area contributed by atoms with Gasteiger partial charge in [-0.1, -0.05) is 17.5 Å². The van der Waals surface area contributed by atoms with Crippen molar-refractivity contribution in [1.82, 2.24) is 24.8 Å². The van der Waals surface area contributed by atoms with Crippen LogP contribution in [0.15, 0.2) is 30.6 Å². The van der Waals surface area contributed by atoms with E-state index in [1.165, 1.54) is 10.9 Å². The molecule has 34 heavy (non-hydrogen) atoms. The summed E-state index contributed by atoms with van der Waals surface area (Å²) in [5.41, 5.74) is 6.54. The van der Waals surface area contributed by atoms with Gasteiger partial charge in [-0.05, 0) is 43.0 Å². The third-order valence-corrected chi connectivity index (χ3v) is 5.72. The number of imidazole rings is 1. The number of nitrogens with two attached hydrogens (primary N) is 1. The molecule has 4 unspecified atom stereocenters. The maximum atomic E-state index is 12.4. The molecular weight excluding hydrogens is 464 g/mol. The van der Waals surface area contributed by atoms with Gasteiger partial charge in [-0.15, -0.1) is 0 Å². The number of nitrogens with zero attached hydrogens (tertiary/aromatic N) is 4. The number of amides is 1. The SMILES string of the molecule is Nc1nc(C#CCOc2ccc(Cl)cc2)nc2c1ncn2C1OC(C(=O)NC2CC2)C(O)C1O. The normalized spacial score (nSPS) is 24.0. The molecule has 3 heterocycles. The topological polar surface area (TPSA) is 158 Å². The summed E-state index contributed by atoms with van der Waals surface area (Å²) in [7, 11) is 0. The number of nitrogens with one attached hydrogen (secondary N) is 1. The number of aliphatic hydroxyl groups is 2. The van der Waals surface area contributed by atoms with Gasteiger partial charge in [-0.25, -0.2) is 15.0 Å². The highest BCUT2D eigenvalue weighted by atomic mass is 35.5. The number of hydrogen-bond acceptors (Lipinski definition) is 9. The second-order valence-electron chi connectivity index (χ2n) is 8.01. The molecule has 0 spiro atoms. The van der Waals surface area contributed by atoms with Crippen molar-refractivity contribution >= 4 is 34.5 Å². The Morgan fingerprint density at radius 1 is 1.26 bits per heavy atom. The number of aromatic nitrogens is 4. The molecule has 4 atom stereocenters. The van der Waals surface area contributed by atoms with Crippen molar-refractivity contribution in [3.8, 4) is 17.6 Å². The number of carbonyl (C=O) groups excluding carboxylic acids is 1. The Labute approximate surface area is 198 Å². The number of nitrogen functional groups attached to an aromatic ring is 1. The molecule has 0 radical (unpaired) electrons. The standard InChI is InChI=1S/C22H21ClN6O5/c23-11-3-7-13(8-4-11)33-9-1-2-14-27-19(24)15-20(28-14)29(10-25-15)22-17(31)16(30)18(34-22)21(32)26-12-5-6-12/h3-4,7-8,10,12,16-18,22,30-31H,5-6,9H2,(H,26,32)(H2,24,27,28). The van der Waals surface area contributed by atoms with Gasteiger partial charge in [-0.3, -0.25) is 9.36 Å². The first kappa shape index (κ1) is 22.4.